The van der Waals surface area contributed by atoms with E-state index in [9.17, 15) is 18.0 Å². The molecule has 0 saturated carbocycles. The van der Waals surface area contributed by atoms with Crippen LogP contribution in [-0.4, -0.2) is 16.1 Å². The molecule has 2 aromatic rings. The zero-order valence-corrected chi connectivity index (χ0v) is 12.6. The summed E-state index contributed by atoms with van der Waals surface area (Å²) >= 11 is 4.04. The SMILES string of the molecule is O=C(O)c1cccnc1Sc1ccc(C(F)(F)F)cc1Br. The Bertz CT molecular complexity index is 691. The molecule has 1 aromatic carbocycles. The molecule has 8 heteroatoms. The number of alkyl halides is 3. The summed E-state index contributed by atoms with van der Waals surface area (Å²) in [6.07, 6.45) is -3.00. The lowest BCUT2D eigenvalue weighted by molar-refractivity contribution is -0.137. The Morgan fingerprint density at radius 3 is 2.57 bits per heavy atom. The summed E-state index contributed by atoms with van der Waals surface area (Å²) in [5.74, 6) is -1.14. The van der Waals surface area contributed by atoms with Crippen molar-refractivity contribution < 1.29 is 23.1 Å². The number of pyridine rings is 1. The predicted octanol–water partition coefficient (Wildman–Crippen LogP) is 4.71. The number of aromatic carboxylic acids is 1. The number of carboxylic acids is 1. The van der Waals surface area contributed by atoms with Crippen molar-refractivity contribution >= 4 is 33.7 Å². The molecular weight excluding hydrogens is 371 g/mol. The van der Waals surface area contributed by atoms with Crippen LogP contribution in [0.1, 0.15) is 15.9 Å². The minimum atomic E-state index is -4.43. The second kappa shape index (κ2) is 6.07. The van der Waals surface area contributed by atoms with Gasteiger partial charge in [-0.15, -0.1) is 0 Å². The van der Waals surface area contributed by atoms with Gasteiger partial charge in [0.15, 0.2) is 0 Å². The number of halogens is 4. The lowest BCUT2D eigenvalue weighted by Crippen LogP contribution is -2.04. The van der Waals surface area contributed by atoms with Crippen LogP contribution in [0, 0.1) is 0 Å². The summed E-state index contributed by atoms with van der Waals surface area (Å²) in [6.45, 7) is 0. The van der Waals surface area contributed by atoms with E-state index in [1.165, 1.54) is 24.4 Å². The van der Waals surface area contributed by atoms with Crippen LogP contribution in [-0.2, 0) is 6.18 Å². The third kappa shape index (κ3) is 3.76. The minimum absolute atomic E-state index is 0.00528. The van der Waals surface area contributed by atoms with E-state index in [4.69, 9.17) is 5.11 Å². The molecule has 110 valence electrons. The summed E-state index contributed by atoms with van der Waals surface area (Å²) in [5.41, 5.74) is -0.785. The molecule has 0 aliphatic heterocycles. The third-order valence-electron chi connectivity index (χ3n) is 2.47. The van der Waals surface area contributed by atoms with E-state index in [0.717, 1.165) is 23.9 Å². The van der Waals surface area contributed by atoms with Crippen LogP contribution in [0.15, 0.2) is 50.9 Å². The highest BCUT2D eigenvalue weighted by atomic mass is 79.9. The Morgan fingerprint density at radius 2 is 2.00 bits per heavy atom. The Labute approximate surface area is 130 Å². The maximum absolute atomic E-state index is 12.6. The van der Waals surface area contributed by atoms with Gasteiger partial charge < -0.3 is 5.11 Å². The lowest BCUT2D eigenvalue weighted by atomic mass is 10.2. The second-order valence-corrected chi connectivity index (χ2v) is 5.79. The van der Waals surface area contributed by atoms with Crippen molar-refractivity contribution in [1.82, 2.24) is 4.98 Å². The number of hydrogen-bond acceptors (Lipinski definition) is 3. The molecule has 0 saturated heterocycles. The van der Waals surface area contributed by atoms with Gasteiger partial charge in [0.2, 0.25) is 0 Å². The molecule has 2 rings (SSSR count). The van der Waals surface area contributed by atoms with Crippen LogP contribution in [0.25, 0.3) is 0 Å². The molecule has 0 aliphatic rings. The Morgan fingerprint density at radius 1 is 1.29 bits per heavy atom. The largest absolute Gasteiger partial charge is 0.478 e. The van der Waals surface area contributed by atoms with Crippen molar-refractivity contribution in [3.05, 3.63) is 52.1 Å². The molecule has 0 atom stereocenters. The molecule has 0 bridgehead atoms. The monoisotopic (exact) mass is 377 g/mol. The van der Waals surface area contributed by atoms with Crippen molar-refractivity contribution in [3.63, 3.8) is 0 Å². The van der Waals surface area contributed by atoms with Gasteiger partial charge in [-0.1, -0.05) is 11.8 Å². The van der Waals surface area contributed by atoms with E-state index in [1.807, 2.05) is 0 Å². The van der Waals surface area contributed by atoms with Crippen molar-refractivity contribution in [2.24, 2.45) is 0 Å². The van der Waals surface area contributed by atoms with Gasteiger partial charge in [0.1, 0.15) is 5.03 Å². The van der Waals surface area contributed by atoms with Crippen LogP contribution in [0.4, 0.5) is 13.2 Å². The second-order valence-electron chi connectivity index (χ2n) is 3.91. The average molecular weight is 378 g/mol. The molecule has 0 fully saturated rings. The third-order valence-corrected chi connectivity index (χ3v) is 4.48. The highest BCUT2D eigenvalue weighted by Crippen LogP contribution is 2.38. The standard InChI is InChI=1S/C13H7BrF3NO2S/c14-9-6-7(13(15,16)17)3-4-10(9)21-11-8(12(19)20)2-1-5-18-11/h1-6H,(H,19,20). The highest BCUT2D eigenvalue weighted by Gasteiger charge is 2.31. The molecule has 0 amide bonds. The summed E-state index contributed by atoms with van der Waals surface area (Å²) in [5, 5.41) is 9.26. The van der Waals surface area contributed by atoms with Gasteiger partial charge in [-0.2, -0.15) is 13.2 Å². The maximum atomic E-state index is 12.6. The normalized spacial score (nSPS) is 11.4. The molecular formula is C13H7BrF3NO2S. The Balaban J connectivity index is 2.35. The van der Waals surface area contributed by atoms with Crippen LogP contribution in [0.5, 0.6) is 0 Å². The molecule has 21 heavy (non-hydrogen) atoms. The van der Waals surface area contributed by atoms with E-state index in [1.54, 1.807) is 0 Å². The smallest absolute Gasteiger partial charge is 0.416 e. The lowest BCUT2D eigenvalue weighted by Gasteiger charge is -2.10. The molecule has 1 aromatic heterocycles. The predicted molar refractivity (Wildman–Crippen MR) is 74.5 cm³/mol. The zero-order chi connectivity index (χ0) is 15.6. The fraction of sp³-hybridized carbons (Fsp3) is 0.0769. The van der Waals surface area contributed by atoms with Crippen LogP contribution < -0.4 is 0 Å². The molecule has 0 unspecified atom stereocenters. The number of hydrogen-bond donors (Lipinski definition) is 1. The number of rotatable bonds is 3. The number of nitrogens with zero attached hydrogens (tertiary/aromatic N) is 1. The number of carboxylic acid groups (broad SMARTS) is 1. The summed E-state index contributed by atoms with van der Waals surface area (Å²) in [7, 11) is 0. The topological polar surface area (TPSA) is 50.2 Å². The minimum Gasteiger partial charge on any atom is -0.478 e. The fourth-order valence-electron chi connectivity index (χ4n) is 1.50. The molecule has 3 nitrogen and oxygen atoms in total. The quantitative estimate of drug-likeness (QED) is 0.841. The van der Waals surface area contributed by atoms with Gasteiger partial charge in [0.05, 0.1) is 11.1 Å². The summed E-state index contributed by atoms with van der Waals surface area (Å²) in [6, 6.07) is 6.03. The van der Waals surface area contributed by atoms with Gasteiger partial charge >= 0.3 is 12.1 Å². The highest BCUT2D eigenvalue weighted by molar-refractivity contribution is 9.10. The molecule has 0 radical (unpaired) electrons. The van der Waals surface area contributed by atoms with Crippen molar-refractivity contribution in [1.29, 1.82) is 0 Å². The number of benzene rings is 1. The number of aromatic nitrogens is 1. The van der Waals surface area contributed by atoms with Crippen molar-refractivity contribution in [2.75, 3.05) is 0 Å². The van der Waals surface area contributed by atoms with Crippen LogP contribution >= 0.6 is 27.7 Å². The fourth-order valence-corrected chi connectivity index (χ4v) is 3.00. The first-order valence-corrected chi connectivity index (χ1v) is 7.13. The Kier molecular flexibility index (Phi) is 4.58. The summed E-state index contributed by atoms with van der Waals surface area (Å²) in [4.78, 5) is 15.5. The van der Waals surface area contributed by atoms with Crippen molar-refractivity contribution in [2.45, 2.75) is 16.1 Å². The molecule has 0 aliphatic carbocycles. The van der Waals surface area contributed by atoms with Crippen molar-refractivity contribution in [3.8, 4) is 0 Å². The van der Waals surface area contributed by atoms with Gasteiger partial charge in [-0.25, -0.2) is 9.78 Å². The average Bonchev–Trinajstić information content (AvgIpc) is 2.40. The summed E-state index contributed by atoms with van der Waals surface area (Å²) < 4.78 is 38.0. The van der Waals surface area contributed by atoms with Crippen LogP contribution in [0.2, 0.25) is 0 Å². The van der Waals surface area contributed by atoms with Gasteiger partial charge in [-0.05, 0) is 46.3 Å². The first kappa shape index (κ1) is 15.8. The molecule has 1 N–H and O–H groups in total. The molecule has 1 heterocycles. The first-order valence-electron chi connectivity index (χ1n) is 5.52. The van der Waals surface area contributed by atoms with E-state index in [2.05, 4.69) is 20.9 Å². The van der Waals surface area contributed by atoms with E-state index in [0.29, 0.717) is 4.90 Å². The van der Waals surface area contributed by atoms with E-state index >= 15 is 0 Å². The van der Waals surface area contributed by atoms with E-state index in [-0.39, 0.29) is 15.1 Å². The van der Waals surface area contributed by atoms with Gasteiger partial charge in [-0.3, -0.25) is 0 Å². The maximum Gasteiger partial charge on any atom is 0.416 e. The van der Waals surface area contributed by atoms with E-state index < -0.39 is 17.7 Å². The molecule has 0 spiro atoms. The van der Waals surface area contributed by atoms with Gasteiger partial charge in [0, 0.05) is 15.6 Å². The first-order chi connectivity index (χ1) is 9.79. The van der Waals surface area contributed by atoms with Crippen LogP contribution in [0.3, 0.4) is 0 Å². The number of carbonyl (C=O) groups is 1. The zero-order valence-electron chi connectivity index (χ0n) is 10.2. The van der Waals surface area contributed by atoms with Gasteiger partial charge in [0.25, 0.3) is 0 Å². The Hall–Kier alpha value is -1.54.